The van der Waals surface area contributed by atoms with E-state index in [1.54, 1.807) is 19.1 Å². The second kappa shape index (κ2) is 6.19. The van der Waals surface area contributed by atoms with Crippen LogP contribution in [0.3, 0.4) is 0 Å². The standard InChI is InChI=1S/C16H14FN5O3/c1-8-4-9(2-3-10(8)17)7-19-15(23)11-5-12(16(24)25)22-14(20-11)6-13(18)21-22/h2-6H,7H2,1H3,(H2,18,21)(H,19,23)(H,24,25). The lowest BCUT2D eigenvalue weighted by Crippen LogP contribution is -2.25. The maximum Gasteiger partial charge on any atom is 0.354 e. The summed E-state index contributed by atoms with van der Waals surface area (Å²) < 4.78 is 14.3. The lowest BCUT2D eigenvalue weighted by Gasteiger charge is -2.07. The van der Waals surface area contributed by atoms with Crippen molar-refractivity contribution in [2.45, 2.75) is 13.5 Å². The number of fused-ring (bicyclic) bond motifs is 1. The van der Waals surface area contributed by atoms with Crippen LogP contribution >= 0.6 is 0 Å². The molecule has 4 N–H and O–H groups in total. The predicted molar refractivity (Wildman–Crippen MR) is 86.7 cm³/mol. The number of carboxylic acid groups (broad SMARTS) is 1. The lowest BCUT2D eigenvalue weighted by atomic mass is 10.1. The number of nitrogen functional groups attached to an aromatic ring is 1. The van der Waals surface area contributed by atoms with Crippen molar-refractivity contribution in [1.82, 2.24) is 19.9 Å². The quantitative estimate of drug-likeness (QED) is 0.658. The maximum atomic E-state index is 13.3. The number of aryl methyl sites for hydroxylation is 1. The number of hydrogen-bond acceptors (Lipinski definition) is 5. The minimum Gasteiger partial charge on any atom is -0.477 e. The van der Waals surface area contributed by atoms with E-state index in [1.807, 2.05) is 0 Å². The Hall–Kier alpha value is -3.49. The second-order valence-corrected chi connectivity index (χ2v) is 5.44. The van der Waals surface area contributed by atoms with Crippen LogP contribution in [-0.4, -0.2) is 31.6 Å². The zero-order chi connectivity index (χ0) is 18.1. The molecule has 1 amide bonds. The largest absolute Gasteiger partial charge is 0.477 e. The van der Waals surface area contributed by atoms with Gasteiger partial charge in [0.05, 0.1) is 0 Å². The van der Waals surface area contributed by atoms with Gasteiger partial charge in [0.15, 0.2) is 11.3 Å². The Morgan fingerprint density at radius 1 is 1.32 bits per heavy atom. The van der Waals surface area contributed by atoms with Gasteiger partial charge < -0.3 is 16.2 Å². The summed E-state index contributed by atoms with van der Waals surface area (Å²) in [6.45, 7) is 1.77. The molecule has 0 unspecified atom stereocenters. The summed E-state index contributed by atoms with van der Waals surface area (Å²) in [5.74, 6) is -2.06. The molecule has 3 aromatic rings. The number of halogens is 1. The first kappa shape index (κ1) is 16.4. The molecule has 0 spiro atoms. The van der Waals surface area contributed by atoms with Crippen molar-refractivity contribution in [3.8, 4) is 0 Å². The fraction of sp³-hybridized carbons (Fsp3) is 0.125. The predicted octanol–water partition coefficient (Wildman–Crippen LogP) is 1.39. The Morgan fingerprint density at radius 2 is 2.08 bits per heavy atom. The minimum atomic E-state index is -1.27. The van der Waals surface area contributed by atoms with E-state index >= 15 is 0 Å². The fourth-order valence-electron chi connectivity index (χ4n) is 2.35. The molecule has 0 fully saturated rings. The number of carbonyl (C=O) groups excluding carboxylic acids is 1. The van der Waals surface area contributed by atoms with Crippen molar-refractivity contribution in [2.75, 3.05) is 5.73 Å². The highest BCUT2D eigenvalue weighted by Gasteiger charge is 2.17. The molecule has 25 heavy (non-hydrogen) atoms. The van der Waals surface area contributed by atoms with Crippen LogP contribution in [0.5, 0.6) is 0 Å². The van der Waals surface area contributed by atoms with Gasteiger partial charge in [-0.1, -0.05) is 12.1 Å². The highest BCUT2D eigenvalue weighted by Crippen LogP contribution is 2.12. The van der Waals surface area contributed by atoms with E-state index in [1.165, 1.54) is 12.1 Å². The molecule has 0 saturated heterocycles. The van der Waals surface area contributed by atoms with Crippen LogP contribution in [0.1, 0.15) is 32.1 Å². The third kappa shape index (κ3) is 3.25. The van der Waals surface area contributed by atoms with Crippen LogP contribution in [0.4, 0.5) is 10.2 Å². The van der Waals surface area contributed by atoms with E-state index in [9.17, 15) is 19.1 Å². The first-order valence-electron chi connectivity index (χ1n) is 7.28. The molecule has 0 aliphatic heterocycles. The van der Waals surface area contributed by atoms with Crippen molar-refractivity contribution in [1.29, 1.82) is 0 Å². The van der Waals surface area contributed by atoms with E-state index in [-0.39, 0.29) is 35.2 Å². The van der Waals surface area contributed by atoms with Gasteiger partial charge in [-0.3, -0.25) is 4.79 Å². The van der Waals surface area contributed by atoms with E-state index in [4.69, 9.17) is 5.73 Å². The Morgan fingerprint density at radius 3 is 2.76 bits per heavy atom. The monoisotopic (exact) mass is 343 g/mol. The van der Waals surface area contributed by atoms with Crippen LogP contribution < -0.4 is 11.1 Å². The van der Waals surface area contributed by atoms with Gasteiger partial charge >= 0.3 is 5.97 Å². The molecule has 3 rings (SSSR count). The number of hydrogen-bond donors (Lipinski definition) is 3. The Balaban J connectivity index is 1.86. The molecule has 0 saturated carbocycles. The van der Waals surface area contributed by atoms with Gasteiger partial charge in [0, 0.05) is 18.7 Å². The van der Waals surface area contributed by atoms with Crippen molar-refractivity contribution in [3.05, 3.63) is 58.7 Å². The number of nitrogens with zero attached hydrogens (tertiary/aromatic N) is 3. The number of nitrogens with two attached hydrogens (primary N) is 1. The highest BCUT2D eigenvalue weighted by atomic mass is 19.1. The molecule has 1 aromatic carbocycles. The minimum absolute atomic E-state index is 0.0800. The number of amides is 1. The topological polar surface area (TPSA) is 123 Å². The van der Waals surface area contributed by atoms with Crippen LogP contribution in [-0.2, 0) is 6.54 Å². The van der Waals surface area contributed by atoms with Crippen molar-refractivity contribution in [3.63, 3.8) is 0 Å². The summed E-state index contributed by atoms with van der Waals surface area (Å²) in [6.07, 6.45) is 0. The van der Waals surface area contributed by atoms with Crippen LogP contribution in [0.2, 0.25) is 0 Å². The third-order valence-corrected chi connectivity index (χ3v) is 3.57. The van der Waals surface area contributed by atoms with Gasteiger partial charge in [0.1, 0.15) is 17.3 Å². The van der Waals surface area contributed by atoms with E-state index in [2.05, 4.69) is 15.4 Å². The molecule has 9 heteroatoms. The van der Waals surface area contributed by atoms with E-state index < -0.39 is 11.9 Å². The molecule has 0 bridgehead atoms. The van der Waals surface area contributed by atoms with Gasteiger partial charge in [0.2, 0.25) is 0 Å². The molecule has 0 aliphatic carbocycles. The van der Waals surface area contributed by atoms with Crippen LogP contribution in [0.15, 0.2) is 30.3 Å². The first-order valence-corrected chi connectivity index (χ1v) is 7.28. The first-order chi connectivity index (χ1) is 11.8. The maximum absolute atomic E-state index is 13.3. The smallest absolute Gasteiger partial charge is 0.354 e. The summed E-state index contributed by atoms with van der Waals surface area (Å²) in [7, 11) is 0. The Bertz CT molecular complexity index is 999. The number of rotatable bonds is 4. The van der Waals surface area contributed by atoms with Crippen LogP contribution in [0, 0.1) is 12.7 Å². The molecule has 2 heterocycles. The Labute approximate surface area is 141 Å². The second-order valence-electron chi connectivity index (χ2n) is 5.44. The lowest BCUT2D eigenvalue weighted by molar-refractivity contribution is 0.0687. The molecule has 128 valence electrons. The number of anilines is 1. The van der Waals surface area contributed by atoms with Gasteiger partial charge in [-0.25, -0.2) is 18.7 Å². The van der Waals surface area contributed by atoms with E-state index in [0.29, 0.717) is 11.1 Å². The molecule has 8 nitrogen and oxygen atoms in total. The number of carbonyl (C=O) groups is 2. The third-order valence-electron chi connectivity index (χ3n) is 3.57. The van der Waals surface area contributed by atoms with Crippen molar-refractivity contribution >= 4 is 23.3 Å². The molecular formula is C16H14FN5O3. The van der Waals surface area contributed by atoms with Crippen LogP contribution in [0.25, 0.3) is 5.65 Å². The number of aromatic nitrogens is 3. The van der Waals surface area contributed by atoms with Gasteiger partial charge in [-0.2, -0.15) is 0 Å². The summed E-state index contributed by atoms with van der Waals surface area (Å²) in [5, 5.41) is 15.7. The van der Waals surface area contributed by atoms with Gasteiger partial charge in [0.25, 0.3) is 5.91 Å². The summed E-state index contributed by atoms with van der Waals surface area (Å²) >= 11 is 0. The van der Waals surface area contributed by atoms with Gasteiger partial charge in [-0.15, -0.1) is 5.10 Å². The zero-order valence-electron chi connectivity index (χ0n) is 13.2. The molecule has 0 aliphatic rings. The SMILES string of the molecule is Cc1cc(CNC(=O)c2cc(C(=O)O)n3nc(N)cc3n2)ccc1F. The Kier molecular flexibility index (Phi) is 4.05. The fourth-order valence-corrected chi connectivity index (χ4v) is 2.35. The number of carboxylic acids is 1. The normalized spacial score (nSPS) is 10.8. The van der Waals surface area contributed by atoms with Crippen molar-refractivity contribution in [2.24, 2.45) is 0 Å². The number of aromatic carboxylic acids is 1. The zero-order valence-corrected chi connectivity index (χ0v) is 13.2. The number of nitrogens with one attached hydrogen (secondary N) is 1. The van der Waals surface area contributed by atoms with Gasteiger partial charge in [-0.05, 0) is 24.1 Å². The number of benzene rings is 1. The average molecular weight is 343 g/mol. The summed E-state index contributed by atoms with van der Waals surface area (Å²) in [6, 6.07) is 6.98. The molecule has 2 aromatic heterocycles. The molecule has 0 atom stereocenters. The van der Waals surface area contributed by atoms with E-state index in [0.717, 1.165) is 10.6 Å². The summed E-state index contributed by atoms with van der Waals surface area (Å²) in [4.78, 5) is 27.7. The van der Waals surface area contributed by atoms with Crippen molar-refractivity contribution < 1.29 is 19.1 Å². The molecule has 0 radical (unpaired) electrons. The summed E-state index contributed by atoms with van der Waals surface area (Å²) in [5.41, 5.74) is 6.57. The average Bonchev–Trinajstić information content (AvgIpc) is 2.94. The highest BCUT2D eigenvalue weighted by molar-refractivity contribution is 5.96. The molecular weight excluding hydrogens is 329 g/mol.